The smallest absolute Gasteiger partial charge is 0.133 e. The van der Waals surface area contributed by atoms with Gasteiger partial charge in [-0.05, 0) is 0 Å². The highest BCUT2D eigenvalue weighted by Crippen LogP contribution is 2.19. The van der Waals surface area contributed by atoms with Gasteiger partial charge in [-0.25, -0.2) is 14.2 Å². The summed E-state index contributed by atoms with van der Waals surface area (Å²) in [5.41, 5.74) is 0.497. The Balaban J connectivity index is 3.07. The average Bonchev–Trinajstić information content (AvgIpc) is 2.00. The molecule has 5 heteroatoms. The molecule has 0 amide bonds. The predicted molar refractivity (Wildman–Crippen MR) is 62.8 cm³/mol. The minimum atomic E-state index is -2.13. The summed E-state index contributed by atoms with van der Waals surface area (Å²) < 4.78 is 15.4. The molecule has 4 nitrogen and oxygen atoms in total. The van der Waals surface area contributed by atoms with Crippen LogP contribution < -0.4 is 0 Å². The summed E-state index contributed by atoms with van der Waals surface area (Å²) in [5, 5.41) is 0. The molecule has 0 aromatic carbocycles. The zero-order valence-corrected chi connectivity index (χ0v) is 10.6. The fourth-order valence-electron chi connectivity index (χ4n) is 1.01. The van der Waals surface area contributed by atoms with Gasteiger partial charge in [-0.3, -0.25) is 0 Å². The van der Waals surface area contributed by atoms with Crippen LogP contribution in [0.1, 0.15) is 26.6 Å². The normalized spacial score (nSPS) is 12.6. The monoisotopic (exact) mass is 227 g/mol. The van der Waals surface area contributed by atoms with Gasteiger partial charge in [-0.2, -0.15) is 4.36 Å². The molecule has 15 heavy (non-hydrogen) atoms. The van der Waals surface area contributed by atoms with Crippen LogP contribution in [-0.2, 0) is 15.1 Å². The van der Waals surface area contributed by atoms with Crippen LogP contribution in [-0.4, -0.2) is 26.7 Å². The highest BCUT2D eigenvalue weighted by molar-refractivity contribution is 7.92. The van der Waals surface area contributed by atoms with Crippen LogP contribution in [0.2, 0.25) is 0 Å². The number of aromatic nitrogens is 2. The van der Waals surface area contributed by atoms with Gasteiger partial charge >= 0.3 is 0 Å². The van der Waals surface area contributed by atoms with Crippen molar-refractivity contribution in [1.82, 2.24) is 9.97 Å². The van der Waals surface area contributed by atoms with E-state index in [9.17, 15) is 4.21 Å². The van der Waals surface area contributed by atoms with E-state index >= 15 is 0 Å². The molecule has 1 rings (SSSR count). The first-order chi connectivity index (χ1) is 6.68. The Kier molecular flexibility index (Phi) is 3.13. The minimum Gasteiger partial charge on any atom is -0.250 e. The van der Waals surface area contributed by atoms with E-state index in [4.69, 9.17) is 0 Å². The Hall–Kier alpha value is -0.970. The van der Waals surface area contributed by atoms with Crippen molar-refractivity contribution in [2.75, 3.05) is 12.5 Å². The molecule has 1 aromatic heterocycles. The summed E-state index contributed by atoms with van der Waals surface area (Å²) in [6, 6.07) is 0. The van der Waals surface area contributed by atoms with E-state index < -0.39 is 9.73 Å². The summed E-state index contributed by atoms with van der Waals surface area (Å²) in [4.78, 5) is 8.41. The maximum atomic E-state index is 11.4. The van der Waals surface area contributed by atoms with Gasteiger partial charge in [-0.1, -0.05) is 20.8 Å². The molecule has 0 saturated heterocycles. The first-order valence-corrected chi connectivity index (χ1v) is 7.01. The van der Waals surface area contributed by atoms with Crippen LogP contribution in [0.3, 0.4) is 0 Å². The summed E-state index contributed by atoms with van der Waals surface area (Å²) in [6.45, 7) is 6.13. The third-order valence-corrected chi connectivity index (χ3v) is 2.28. The van der Waals surface area contributed by atoms with Gasteiger partial charge in [0.25, 0.3) is 0 Å². The van der Waals surface area contributed by atoms with E-state index in [1.165, 1.54) is 0 Å². The summed E-state index contributed by atoms with van der Waals surface area (Å²) in [6.07, 6.45) is 6.40. The molecule has 0 saturated carbocycles. The van der Waals surface area contributed by atoms with E-state index in [0.717, 1.165) is 5.82 Å². The van der Waals surface area contributed by atoms with Crippen molar-refractivity contribution in [3.63, 3.8) is 0 Å². The number of rotatable bonds is 1. The van der Waals surface area contributed by atoms with E-state index in [1.807, 2.05) is 20.8 Å². The van der Waals surface area contributed by atoms with Gasteiger partial charge in [0.1, 0.15) is 11.5 Å². The summed E-state index contributed by atoms with van der Waals surface area (Å²) >= 11 is 0. The molecule has 0 fully saturated rings. The molecule has 0 spiro atoms. The van der Waals surface area contributed by atoms with E-state index in [1.54, 1.807) is 24.9 Å². The topological polar surface area (TPSA) is 55.2 Å². The molecular formula is C10H17N3OS. The van der Waals surface area contributed by atoms with Gasteiger partial charge in [0.15, 0.2) is 0 Å². The first-order valence-electron chi connectivity index (χ1n) is 4.68. The lowest BCUT2D eigenvalue weighted by Crippen LogP contribution is -2.15. The molecule has 0 N–H and O–H groups in total. The minimum absolute atomic E-state index is 0.0711. The van der Waals surface area contributed by atoms with Crippen molar-refractivity contribution in [3.8, 4) is 0 Å². The highest BCUT2D eigenvalue weighted by Gasteiger charge is 2.16. The second kappa shape index (κ2) is 3.89. The molecule has 0 bridgehead atoms. The Labute approximate surface area is 91.3 Å². The highest BCUT2D eigenvalue weighted by atomic mass is 32.2. The average molecular weight is 227 g/mol. The number of hydrogen-bond acceptors (Lipinski definition) is 4. The van der Waals surface area contributed by atoms with Crippen LogP contribution in [0.15, 0.2) is 16.8 Å². The van der Waals surface area contributed by atoms with Gasteiger partial charge in [0.05, 0.1) is 12.4 Å². The first kappa shape index (κ1) is 12.1. The Bertz CT molecular complexity index is 443. The quantitative estimate of drug-likeness (QED) is 0.738. The number of hydrogen-bond donors (Lipinski definition) is 0. The maximum absolute atomic E-state index is 11.4. The second-order valence-corrected chi connectivity index (χ2v) is 7.33. The van der Waals surface area contributed by atoms with Gasteiger partial charge in [0, 0.05) is 27.7 Å². The molecular weight excluding hydrogens is 210 g/mol. The lowest BCUT2D eigenvalue weighted by molar-refractivity contribution is 0.545. The Morgan fingerprint density at radius 2 is 1.67 bits per heavy atom. The van der Waals surface area contributed by atoms with E-state index in [-0.39, 0.29) is 5.41 Å². The van der Waals surface area contributed by atoms with Crippen LogP contribution >= 0.6 is 0 Å². The van der Waals surface area contributed by atoms with Crippen molar-refractivity contribution in [2.45, 2.75) is 26.2 Å². The van der Waals surface area contributed by atoms with Crippen LogP contribution in [0.5, 0.6) is 0 Å². The summed E-state index contributed by atoms with van der Waals surface area (Å²) in [5.74, 6) is 0.764. The van der Waals surface area contributed by atoms with Crippen molar-refractivity contribution in [2.24, 2.45) is 4.36 Å². The molecule has 0 atom stereocenters. The predicted octanol–water partition coefficient (Wildman–Crippen LogP) is 2.13. The zero-order valence-electron chi connectivity index (χ0n) is 9.81. The molecule has 1 heterocycles. The summed E-state index contributed by atoms with van der Waals surface area (Å²) in [7, 11) is -2.13. The van der Waals surface area contributed by atoms with E-state index in [0.29, 0.717) is 5.69 Å². The molecule has 0 unspecified atom stereocenters. The van der Waals surface area contributed by atoms with Gasteiger partial charge in [0.2, 0.25) is 0 Å². The third-order valence-electron chi connectivity index (χ3n) is 1.63. The maximum Gasteiger partial charge on any atom is 0.133 e. The van der Waals surface area contributed by atoms with Crippen LogP contribution in [0.25, 0.3) is 0 Å². The van der Waals surface area contributed by atoms with Crippen LogP contribution in [0.4, 0.5) is 5.69 Å². The molecule has 0 radical (unpaired) electrons. The molecule has 0 aliphatic rings. The largest absolute Gasteiger partial charge is 0.250 e. The molecule has 0 aliphatic carbocycles. The van der Waals surface area contributed by atoms with Gasteiger partial charge in [-0.15, -0.1) is 0 Å². The number of nitrogens with zero attached hydrogens (tertiary/aromatic N) is 3. The third kappa shape index (κ3) is 3.95. The van der Waals surface area contributed by atoms with Crippen molar-refractivity contribution < 1.29 is 4.21 Å². The Morgan fingerprint density at radius 3 is 2.00 bits per heavy atom. The fraction of sp³-hybridized carbons (Fsp3) is 0.600. The van der Waals surface area contributed by atoms with Crippen molar-refractivity contribution >= 4 is 15.4 Å². The standard InChI is InChI=1S/C10H17N3OS/c1-10(2,3)9-11-6-8(7-12-9)13-15(4,5)14/h6-7H,1-5H3. The van der Waals surface area contributed by atoms with Crippen LogP contribution in [0, 0.1) is 0 Å². The lowest BCUT2D eigenvalue weighted by Gasteiger charge is -2.15. The molecule has 0 aliphatic heterocycles. The lowest BCUT2D eigenvalue weighted by atomic mass is 9.96. The SMILES string of the molecule is CC(C)(C)c1ncc(N=S(C)(C)=O)cn1. The van der Waals surface area contributed by atoms with Crippen molar-refractivity contribution in [1.29, 1.82) is 0 Å². The molecule has 84 valence electrons. The second-order valence-electron chi connectivity index (χ2n) is 4.79. The van der Waals surface area contributed by atoms with Gasteiger partial charge < -0.3 is 0 Å². The van der Waals surface area contributed by atoms with E-state index in [2.05, 4.69) is 14.3 Å². The van der Waals surface area contributed by atoms with Crippen molar-refractivity contribution in [3.05, 3.63) is 18.2 Å². The fourth-order valence-corrected chi connectivity index (χ4v) is 1.61. The molecule has 1 aromatic rings. The zero-order chi connectivity index (χ0) is 11.7. The Morgan fingerprint density at radius 1 is 1.20 bits per heavy atom.